The van der Waals surface area contributed by atoms with Crippen LogP contribution in [0.5, 0.6) is 5.75 Å². The summed E-state index contributed by atoms with van der Waals surface area (Å²) in [6.07, 6.45) is 0. The molecular formula is C25H28ClFN2O4. The summed E-state index contributed by atoms with van der Waals surface area (Å²) in [4.78, 5) is 29.5. The number of hydrogen-bond acceptors (Lipinski definition) is 5. The highest BCUT2D eigenvalue weighted by atomic mass is 35.5. The molecule has 0 bridgehead atoms. The molecule has 1 heterocycles. The molecule has 0 aromatic heterocycles. The zero-order chi connectivity index (χ0) is 24.1. The molecule has 1 fully saturated rings. The maximum Gasteiger partial charge on any atom is 0.295 e. The highest BCUT2D eigenvalue weighted by molar-refractivity contribution is 6.46. The minimum absolute atomic E-state index is 0.148. The van der Waals surface area contributed by atoms with Crippen LogP contribution in [-0.2, 0) is 9.59 Å². The molecule has 1 amide bonds. The molecule has 1 N–H and O–H groups in total. The van der Waals surface area contributed by atoms with Crippen molar-refractivity contribution in [1.29, 1.82) is 0 Å². The molecule has 0 spiro atoms. The van der Waals surface area contributed by atoms with Crippen molar-refractivity contribution < 1.29 is 23.8 Å². The number of halogens is 2. The van der Waals surface area contributed by atoms with Crippen molar-refractivity contribution in [2.45, 2.75) is 26.8 Å². The predicted octanol–water partition coefficient (Wildman–Crippen LogP) is 4.64. The van der Waals surface area contributed by atoms with Gasteiger partial charge in [0.2, 0.25) is 0 Å². The van der Waals surface area contributed by atoms with Gasteiger partial charge in [0.05, 0.1) is 23.2 Å². The number of likely N-dealkylation sites (N-methyl/N-ethyl adjacent to an activating group) is 1. The van der Waals surface area contributed by atoms with Gasteiger partial charge in [0.25, 0.3) is 11.7 Å². The molecule has 6 nitrogen and oxygen atoms in total. The number of nitrogens with zero attached hydrogens (tertiary/aromatic N) is 2. The van der Waals surface area contributed by atoms with E-state index in [9.17, 15) is 19.1 Å². The predicted molar refractivity (Wildman–Crippen MR) is 126 cm³/mol. The summed E-state index contributed by atoms with van der Waals surface area (Å²) in [5, 5.41) is 11.4. The van der Waals surface area contributed by atoms with E-state index < -0.39 is 29.3 Å². The molecule has 1 atom stereocenters. The third kappa shape index (κ3) is 5.04. The van der Waals surface area contributed by atoms with Gasteiger partial charge in [-0.3, -0.25) is 9.59 Å². The lowest BCUT2D eigenvalue weighted by Crippen LogP contribution is -2.38. The van der Waals surface area contributed by atoms with Crippen LogP contribution in [0.2, 0.25) is 5.02 Å². The van der Waals surface area contributed by atoms with Crippen LogP contribution in [0.3, 0.4) is 0 Å². The average Bonchev–Trinajstić information content (AvgIpc) is 3.06. The Morgan fingerprint density at radius 1 is 1.15 bits per heavy atom. The van der Waals surface area contributed by atoms with Crippen LogP contribution in [0.15, 0.2) is 48.0 Å². The smallest absolute Gasteiger partial charge is 0.295 e. The van der Waals surface area contributed by atoms with Gasteiger partial charge in [0.15, 0.2) is 0 Å². The standard InChI is InChI=1S/C25H28ClFN2O4/c1-4-28(5-2)13-14-29-22(17-9-7-8-10-19(17)27)21(24(31)25(29)32)23(30)16-11-12-20(33-6-3)18(26)15-16/h7-12,15,22,30H,4-6,13-14H2,1-3H3/b23-21-. The van der Waals surface area contributed by atoms with Gasteiger partial charge in [-0.15, -0.1) is 0 Å². The molecule has 1 aliphatic rings. The number of ether oxygens (including phenoxy) is 1. The summed E-state index contributed by atoms with van der Waals surface area (Å²) in [5.41, 5.74) is 0.228. The van der Waals surface area contributed by atoms with Gasteiger partial charge < -0.3 is 19.6 Å². The van der Waals surface area contributed by atoms with Crippen LogP contribution in [0.25, 0.3) is 5.76 Å². The number of hydrogen-bond donors (Lipinski definition) is 1. The molecule has 3 rings (SSSR count). The second-order valence-electron chi connectivity index (χ2n) is 7.62. The van der Waals surface area contributed by atoms with Gasteiger partial charge in [-0.2, -0.15) is 0 Å². The number of aliphatic hydroxyl groups excluding tert-OH is 1. The number of ketones is 1. The first-order chi connectivity index (χ1) is 15.8. The van der Waals surface area contributed by atoms with Gasteiger partial charge in [0.1, 0.15) is 17.3 Å². The molecule has 2 aromatic rings. The second kappa shape index (κ2) is 10.8. The largest absolute Gasteiger partial charge is 0.507 e. The highest BCUT2D eigenvalue weighted by Crippen LogP contribution is 2.41. The van der Waals surface area contributed by atoms with E-state index in [1.54, 1.807) is 18.2 Å². The van der Waals surface area contributed by atoms with Crippen LogP contribution < -0.4 is 4.74 Å². The molecule has 1 saturated heterocycles. The van der Waals surface area contributed by atoms with Crippen LogP contribution >= 0.6 is 11.6 Å². The Hall–Kier alpha value is -2.90. The molecule has 0 saturated carbocycles. The van der Waals surface area contributed by atoms with Crippen LogP contribution in [0.4, 0.5) is 4.39 Å². The molecule has 0 aliphatic carbocycles. The number of carbonyl (C=O) groups excluding carboxylic acids is 2. The first-order valence-electron chi connectivity index (χ1n) is 11.0. The SMILES string of the molecule is CCOc1ccc(/C(O)=C2/C(=O)C(=O)N(CCN(CC)CC)C2c2ccccc2F)cc1Cl. The van der Waals surface area contributed by atoms with E-state index >= 15 is 0 Å². The summed E-state index contributed by atoms with van der Waals surface area (Å²) in [6, 6.07) is 9.51. The van der Waals surface area contributed by atoms with Crippen molar-refractivity contribution in [2.75, 3.05) is 32.8 Å². The normalized spacial score (nSPS) is 17.8. The van der Waals surface area contributed by atoms with Crippen molar-refractivity contribution in [1.82, 2.24) is 9.80 Å². The van der Waals surface area contributed by atoms with Crippen molar-refractivity contribution >= 4 is 29.1 Å². The van der Waals surface area contributed by atoms with Crippen molar-refractivity contribution in [3.8, 4) is 5.75 Å². The van der Waals surface area contributed by atoms with Gasteiger partial charge in [-0.05, 0) is 44.3 Å². The minimum atomic E-state index is -1.05. The Morgan fingerprint density at radius 3 is 2.45 bits per heavy atom. The number of likely N-dealkylation sites (tertiary alicyclic amines) is 1. The summed E-state index contributed by atoms with van der Waals surface area (Å²) in [6.45, 7) is 8.51. The molecule has 1 aliphatic heterocycles. The monoisotopic (exact) mass is 474 g/mol. The summed E-state index contributed by atoms with van der Waals surface area (Å²) >= 11 is 6.26. The molecule has 1 unspecified atom stereocenters. The number of carbonyl (C=O) groups is 2. The Bertz CT molecular complexity index is 1070. The Labute approximate surface area is 198 Å². The van der Waals surface area contributed by atoms with Crippen LogP contribution in [-0.4, -0.2) is 59.4 Å². The third-order valence-electron chi connectivity index (χ3n) is 5.80. The molecule has 8 heteroatoms. The van der Waals surface area contributed by atoms with Gasteiger partial charge in [0, 0.05) is 24.2 Å². The fraction of sp³-hybridized carbons (Fsp3) is 0.360. The zero-order valence-corrected chi connectivity index (χ0v) is 19.7. The molecule has 33 heavy (non-hydrogen) atoms. The lowest BCUT2D eigenvalue weighted by Gasteiger charge is -2.28. The van der Waals surface area contributed by atoms with E-state index in [1.165, 1.54) is 29.2 Å². The number of benzene rings is 2. The van der Waals surface area contributed by atoms with Crippen LogP contribution in [0.1, 0.15) is 37.9 Å². The van der Waals surface area contributed by atoms with E-state index in [2.05, 4.69) is 4.90 Å². The Balaban J connectivity index is 2.11. The second-order valence-corrected chi connectivity index (χ2v) is 8.03. The highest BCUT2D eigenvalue weighted by Gasteiger charge is 2.46. The number of Topliss-reactive ketones (excluding diaryl/α,β-unsaturated/α-hetero) is 1. The molecule has 2 aromatic carbocycles. The van der Waals surface area contributed by atoms with E-state index in [4.69, 9.17) is 16.3 Å². The van der Waals surface area contributed by atoms with Crippen molar-refractivity contribution in [2.24, 2.45) is 0 Å². The van der Waals surface area contributed by atoms with Crippen molar-refractivity contribution in [3.05, 3.63) is 70.0 Å². The first-order valence-corrected chi connectivity index (χ1v) is 11.4. The van der Waals surface area contributed by atoms with Gasteiger partial charge in [-0.1, -0.05) is 43.6 Å². The fourth-order valence-corrected chi connectivity index (χ4v) is 4.23. The zero-order valence-electron chi connectivity index (χ0n) is 19.0. The summed E-state index contributed by atoms with van der Waals surface area (Å²) in [7, 11) is 0. The minimum Gasteiger partial charge on any atom is -0.507 e. The van der Waals surface area contributed by atoms with Gasteiger partial charge >= 0.3 is 0 Å². The molecule has 0 radical (unpaired) electrons. The van der Waals surface area contributed by atoms with Gasteiger partial charge in [-0.25, -0.2) is 4.39 Å². The maximum absolute atomic E-state index is 14.8. The third-order valence-corrected chi connectivity index (χ3v) is 6.09. The van der Waals surface area contributed by atoms with E-state index in [0.29, 0.717) is 18.9 Å². The van der Waals surface area contributed by atoms with E-state index in [0.717, 1.165) is 13.1 Å². The Morgan fingerprint density at radius 2 is 1.85 bits per heavy atom. The summed E-state index contributed by atoms with van der Waals surface area (Å²) in [5.74, 6) is -2.16. The topological polar surface area (TPSA) is 70.1 Å². The van der Waals surface area contributed by atoms with Crippen LogP contribution in [0, 0.1) is 5.82 Å². The fourth-order valence-electron chi connectivity index (χ4n) is 4.00. The molecule has 176 valence electrons. The average molecular weight is 475 g/mol. The van der Waals surface area contributed by atoms with Crippen molar-refractivity contribution in [3.63, 3.8) is 0 Å². The number of rotatable bonds is 9. The quantitative estimate of drug-likeness (QED) is 0.325. The first kappa shape index (κ1) is 24.7. The summed E-state index contributed by atoms with van der Waals surface area (Å²) < 4.78 is 20.3. The van der Waals surface area contributed by atoms with E-state index in [1.807, 2.05) is 20.8 Å². The lowest BCUT2D eigenvalue weighted by molar-refractivity contribution is -0.140. The Kier molecular flexibility index (Phi) is 8.10. The number of aliphatic hydroxyl groups is 1. The lowest BCUT2D eigenvalue weighted by atomic mass is 9.95. The number of amides is 1. The maximum atomic E-state index is 14.8. The van der Waals surface area contributed by atoms with E-state index in [-0.39, 0.29) is 28.3 Å². The molecular weight excluding hydrogens is 447 g/mol.